The van der Waals surface area contributed by atoms with Gasteiger partial charge in [-0.25, -0.2) is 0 Å². The van der Waals surface area contributed by atoms with Gasteiger partial charge in [0.2, 0.25) is 5.76 Å². The molecule has 33 heavy (non-hydrogen) atoms. The molecule has 0 unspecified atom stereocenters. The standard InChI is InChI=1S/C24H17F3N2O4/c1-32-15-12-10-14(11-13-15)28-23(31)21-20(17-7-3-5-9-19(17)33-21)29-22(30)16-6-2-4-8-18(16)24(25,26)27/h2-13H,1H3,(H,28,31)(H,29,30). The summed E-state index contributed by atoms with van der Waals surface area (Å²) in [5, 5.41) is 5.44. The second-order valence-electron chi connectivity index (χ2n) is 6.98. The fourth-order valence-electron chi connectivity index (χ4n) is 3.30. The molecule has 6 nitrogen and oxygen atoms in total. The minimum Gasteiger partial charge on any atom is -0.497 e. The van der Waals surface area contributed by atoms with E-state index in [1.165, 1.54) is 19.2 Å². The number of carbonyl (C=O) groups is 2. The summed E-state index contributed by atoms with van der Waals surface area (Å²) in [5.74, 6) is -1.36. The topological polar surface area (TPSA) is 80.6 Å². The van der Waals surface area contributed by atoms with Crippen molar-refractivity contribution in [2.75, 3.05) is 17.7 Å². The Hall–Kier alpha value is -4.27. The summed E-state index contributed by atoms with van der Waals surface area (Å²) in [4.78, 5) is 25.8. The van der Waals surface area contributed by atoms with Crippen LogP contribution in [0.25, 0.3) is 11.0 Å². The molecule has 168 valence electrons. The molecule has 9 heteroatoms. The lowest BCUT2D eigenvalue weighted by Gasteiger charge is -2.13. The van der Waals surface area contributed by atoms with Crippen molar-refractivity contribution in [2.24, 2.45) is 0 Å². The van der Waals surface area contributed by atoms with Crippen LogP contribution in [0.15, 0.2) is 77.2 Å². The maximum Gasteiger partial charge on any atom is 0.417 e. The zero-order valence-electron chi connectivity index (χ0n) is 17.2. The molecule has 1 heterocycles. The average Bonchev–Trinajstić information content (AvgIpc) is 3.17. The third kappa shape index (κ3) is 4.52. The van der Waals surface area contributed by atoms with Crippen LogP contribution in [0.2, 0.25) is 0 Å². The van der Waals surface area contributed by atoms with E-state index in [-0.39, 0.29) is 17.0 Å². The summed E-state index contributed by atoms with van der Waals surface area (Å²) >= 11 is 0. The molecule has 0 aliphatic carbocycles. The van der Waals surface area contributed by atoms with Gasteiger partial charge in [-0.2, -0.15) is 13.2 Å². The van der Waals surface area contributed by atoms with Crippen molar-refractivity contribution in [3.63, 3.8) is 0 Å². The van der Waals surface area contributed by atoms with E-state index >= 15 is 0 Å². The van der Waals surface area contributed by atoms with Crippen molar-refractivity contribution in [1.29, 1.82) is 0 Å². The number of benzene rings is 3. The third-order valence-corrected chi connectivity index (χ3v) is 4.87. The maximum absolute atomic E-state index is 13.4. The van der Waals surface area contributed by atoms with E-state index in [4.69, 9.17) is 9.15 Å². The number of ether oxygens (including phenoxy) is 1. The SMILES string of the molecule is COc1ccc(NC(=O)c2oc3ccccc3c2NC(=O)c2ccccc2C(F)(F)F)cc1. The van der Waals surface area contributed by atoms with Gasteiger partial charge in [0.15, 0.2) is 0 Å². The molecule has 0 saturated carbocycles. The minimum absolute atomic E-state index is 0.0291. The zero-order valence-corrected chi connectivity index (χ0v) is 17.2. The number of rotatable bonds is 5. The summed E-state index contributed by atoms with van der Waals surface area (Å²) in [6.45, 7) is 0. The summed E-state index contributed by atoms with van der Waals surface area (Å²) in [5.41, 5.74) is -0.965. The molecule has 0 fully saturated rings. The van der Waals surface area contributed by atoms with Crippen molar-refractivity contribution in [3.05, 3.63) is 89.7 Å². The fourth-order valence-corrected chi connectivity index (χ4v) is 3.30. The summed E-state index contributed by atoms with van der Waals surface area (Å²) < 4.78 is 50.8. The molecule has 0 spiro atoms. The molecule has 4 rings (SSSR count). The first-order chi connectivity index (χ1) is 15.8. The maximum atomic E-state index is 13.4. The predicted octanol–water partition coefficient (Wildman–Crippen LogP) is 5.96. The van der Waals surface area contributed by atoms with Gasteiger partial charge in [0.1, 0.15) is 17.0 Å². The number of alkyl halides is 3. The molecule has 0 saturated heterocycles. The van der Waals surface area contributed by atoms with Gasteiger partial charge in [0.25, 0.3) is 11.8 Å². The van der Waals surface area contributed by atoms with Gasteiger partial charge in [-0.3, -0.25) is 9.59 Å². The second-order valence-corrected chi connectivity index (χ2v) is 6.98. The third-order valence-electron chi connectivity index (χ3n) is 4.87. The first-order valence-corrected chi connectivity index (χ1v) is 9.72. The van der Waals surface area contributed by atoms with E-state index < -0.39 is 29.1 Å². The van der Waals surface area contributed by atoms with Gasteiger partial charge in [-0.05, 0) is 48.5 Å². The van der Waals surface area contributed by atoms with Crippen LogP contribution in [0.4, 0.5) is 24.5 Å². The highest BCUT2D eigenvalue weighted by Crippen LogP contribution is 2.35. The van der Waals surface area contributed by atoms with Crippen LogP contribution in [0.3, 0.4) is 0 Å². The van der Waals surface area contributed by atoms with Crippen molar-refractivity contribution >= 4 is 34.2 Å². The molecule has 3 aromatic carbocycles. The molecular weight excluding hydrogens is 437 g/mol. The number of methoxy groups -OCH3 is 1. The van der Waals surface area contributed by atoms with Crippen LogP contribution in [0, 0.1) is 0 Å². The molecular formula is C24H17F3N2O4. The largest absolute Gasteiger partial charge is 0.497 e. The van der Waals surface area contributed by atoms with Gasteiger partial charge >= 0.3 is 6.18 Å². The summed E-state index contributed by atoms with van der Waals surface area (Å²) in [7, 11) is 1.51. The molecule has 2 amide bonds. The average molecular weight is 454 g/mol. The fraction of sp³-hybridized carbons (Fsp3) is 0.0833. The normalized spacial score (nSPS) is 11.3. The van der Waals surface area contributed by atoms with Crippen LogP contribution in [-0.4, -0.2) is 18.9 Å². The summed E-state index contributed by atoms with van der Waals surface area (Å²) in [6, 6.07) is 17.4. The van der Waals surface area contributed by atoms with Crippen LogP contribution >= 0.6 is 0 Å². The molecule has 0 radical (unpaired) electrons. The smallest absolute Gasteiger partial charge is 0.417 e. The molecule has 4 aromatic rings. The number of anilines is 2. The number of fused-ring (bicyclic) bond motifs is 1. The van der Waals surface area contributed by atoms with E-state index in [1.54, 1.807) is 48.5 Å². The van der Waals surface area contributed by atoms with Crippen molar-refractivity contribution in [3.8, 4) is 5.75 Å². The number of para-hydroxylation sites is 1. The Morgan fingerprint density at radius 2 is 1.52 bits per heavy atom. The van der Waals surface area contributed by atoms with Crippen LogP contribution in [0.1, 0.15) is 26.5 Å². The Kier molecular flexibility index (Phi) is 5.78. The molecule has 1 aromatic heterocycles. The molecule has 2 N–H and O–H groups in total. The summed E-state index contributed by atoms with van der Waals surface area (Å²) in [6.07, 6.45) is -4.72. The number of amides is 2. The highest BCUT2D eigenvalue weighted by Gasteiger charge is 2.35. The van der Waals surface area contributed by atoms with E-state index in [9.17, 15) is 22.8 Å². The quantitative estimate of drug-likeness (QED) is 0.390. The van der Waals surface area contributed by atoms with Crippen molar-refractivity contribution in [1.82, 2.24) is 0 Å². The molecule has 0 aliphatic rings. The number of carbonyl (C=O) groups excluding carboxylic acids is 2. The predicted molar refractivity (Wildman–Crippen MR) is 117 cm³/mol. The van der Waals surface area contributed by atoms with Gasteiger partial charge in [0.05, 0.1) is 18.2 Å². The Balaban J connectivity index is 1.70. The monoisotopic (exact) mass is 454 g/mol. The van der Waals surface area contributed by atoms with Gasteiger partial charge in [-0.15, -0.1) is 0 Å². The molecule has 0 aliphatic heterocycles. The molecule has 0 atom stereocenters. The Morgan fingerprint density at radius 1 is 0.848 bits per heavy atom. The minimum atomic E-state index is -4.72. The van der Waals surface area contributed by atoms with Crippen LogP contribution in [0.5, 0.6) is 5.75 Å². The van der Waals surface area contributed by atoms with Gasteiger partial charge in [-0.1, -0.05) is 24.3 Å². The number of nitrogens with one attached hydrogen (secondary N) is 2. The zero-order chi connectivity index (χ0) is 23.6. The van der Waals surface area contributed by atoms with Gasteiger partial charge < -0.3 is 19.8 Å². The highest BCUT2D eigenvalue weighted by atomic mass is 19.4. The lowest BCUT2D eigenvalue weighted by atomic mass is 10.1. The Labute approximate surface area is 186 Å². The van der Waals surface area contributed by atoms with E-state index in [2.05, 4.69) is 10.6 Å². The number of hydrogen-bond donors (Lipinski definition) is 2. The lowest BCUT2D eigenvalue weighted by Crippen LogP contribution is -2.20. The van der Waals surface area contributed by atoms with Crippen molar-refractivity contribution in [2.45, 2.75) is 6.18 Å². The molecule has 0 bridgehead atoms. The Morgan fingerprint density at radius 3 is 2.21 bits per heavy atom. The van der Waals surface area contributed by atoms with E-state index in [1.807, 2.05) is 0 Å². The number of halogens is 3. The lowest BCUT2D eigenvalue weighted by molar-refractivity contribution is -0.137. The van der Waals surface area contributed by atoms with E-state index in [0.29, 0.717) is 16.8 Å². The van der Waals surface area contributed by atoms with Crippen molar-refractivity contribution < 1.29 is 31.9 Å². The van der Waals surface area contributed by atoms with E-state index in [0.717, 1.165) is 12.1 Å². The first-order valence-electron chi connectivity index (χ1n) is 9.72. The first kappa shape index (κ1) is 21.9. The Bertz CT molecular complexity index is 1330. The van der Waals surface area contributed by atoms with Crippen LogP contribution < -0.4 is 15.4 Å². The number of hydrogen-bond acceptors (Lipinski definition) is 4. The number of furan rings is 1. The second kappa shape index (κ2) is 8.70. The van der Waals surface area contributed by atoms with Crippen LogP contribution in [-0.2, 0) is 6.18 Å². The van der Waals surface area contributed by atoms with Gasteiger partial charge in [0, 0.05) is 11.1 Å². The highest BCUT2D eigenvalue weighted by molar-refractivity contribution is 6.17.